The van der Waals surface area contributed by atoms with E-state index in [1.165, 1.54) is 0 Å². The number of hydrogen-bond donors (Lipinski definition) is 1. The Kier molecular flexibility index (Phi) is 2.33. The smallest absolute Gasteiger partial charge is 0.293 e. The monoisotopic (exact) mass is 221 g/mol. The maximum atomic E-state index is 12.2. The van der Waals surface area contributed by atoms with Crippen LogP contribution < -0.4 is 10.9 Å². The van der Waals surface area contributed by atoms with Crippen molar-refractivity contribution in [1.82, 2.24) is 9.55 Å². The Hall–Kier alpha value is -1.32. The van der Waals surface area contributed by atoms with Gasteiger partial charge in [0.05, 0.1) is 0 Å². The fourth-order valence-electron chi connectivity index (χ4n) is 1.62. The molecule has 88 valence electrons. The summed E-state index contributed by atoms with van der Waals surface area (Å²) < 4.78 is 1.72. The lowest BCUT2D eigenvalue weighted by Crippen LogP contribution is -2.36. The molecule has 1 N–H and O–H groups in total. The number of anilines is 1. The Morgan fingerprint density at radius 1 is 1.44 bits per heavy atom. The van der Waals surface area contributed by atoms with Gasteiger partial charge in [0.2, 0.25) is 0 Å². The lowest BCUT2D eigenvalue weighted by molar-refractivity contribution is 0.383. The number of aromatic nitrogens is 2. The highest BCUT2D eigenvalue weighted by atomic mass is 16.1. The van der Waals surface area contributed by atoms with Crippen LogP contribution in [0.4, 0.5) is 5.82 Å². The average Bonchev–Trinajstić information content (AvgIpc) is 2.86. The zero-order valence-corrected chi connectivity index (χ0v) is 10.4. The Balaban J connectivity index is 2.37. The first-order valence-corrected chi connectivity index (χ1v) is 5.68. The molecule has 0 spiro atoms. The molecule has 0 atom stereocenters. The lowest BCUT2D eigenvalue weighted by atomic mass is 10.1. The van der Waals surface area contributed by atoms with Gasteiger partial charge in [0, 0.05) is 23.5 Å². The van der Waals surface area contributed by atoms with Gasteiger partial charge in [-0.25, -0.2) is 4.98 Å². The van der Waals surface area contributed by atoms with Gasteiger partial charge >= 0.3 is 0 Å². The SMILES string of the molecule is CC1(Nc2nccn(C(C)(C)C)c2=O)CC1. The molecule has 16 heavy (non-hydrogen) atoms. The molecular formula is C12H19N3O. The zero-order chi connectivity index (χ0) is 12.0. The van der Waals surface area contributed by atoms with Crippen LogP contribution in [0.25, 0.3) is 0 Å². The summed E-state index contributed by atoms with van der Waals surface area (Å²) in [7, 11) is 0. The predicted molar refractivity (Wildman–Crippen MR) is 64.8 cm³/mol. The second-order valence-corrected chi connectivity index (χ2v) is 5.81. The van der Waals surface area contributed by atoms with Crippen LogP contribution in [0.2, 0.25) is 0 Å². The molecule has 0 bridgehead atoms. The van der Waals surface area contributed by atoms with Gasteiger partial charge in [-0.3, -0.25) is 4.79 Å². The molecule has 0 amide bonds. The second kappa shape index (κ2) is 3.34. The molecule has 0 aliphatic heterocycles. The summed E-state index contributed by atoms with van der Waals surface area (Å²) >= 11 is 0. The van der Waals surface area contributed by atoms with Gasteiger partial charge in [0.25, 0.3) is 5.56 Å². The normalized spacial score (nSPS) is 18.2. The Morgan fingerprint density at radius 3 is 2.56 bits per heavy atom. The van der Waals surface area contributed by atoms with Crippen LogP contribution in [0.3, 0.4) is 0 Å². The molecular weight excluding hydrogens is 202 g/mol. The Bertz CT molecular complexity index is 452. The number of nitrogens with zero attached hydrogens (tertiary/aromatic N) is 2. The predicted octanol–water partition coefficient (Wildman–Crippen LogP) is 1.96. The van der Waals surface area contributed by atoms with Crippen molar-refractivity contribution in [2.24, 2.45) is 0 Å². The van der Waals surface area contributed by atoms with E-state index < -0.39 is 0 Å². The average molecular weight is 221 g/mol. The largest absolute Gasteiger partial charge is 0.360 e. The number of hydrogen-bond acceptors (Lipinski definition) is 3. The van der Waals surface area contributed by atoms with E-state index in [0.29, 0.717) is 5.82 Å². The summed E-state index contributed by atoms with van der Waals surface area (Å²) in [5, 5.41) is 3.23. The third kappa shape index (κ3) is 2.10. The molecule has 2 rings (SSSR count). The van der Waals surface area contributed by atoms with Crippen LogP contribution >= 0.6 is 0 Å². The first kappa shape index (κ1) is 11.2. The Labute approximate surface area is 95.7 Å². The lowest BCUT2D eigenvalue weighted by Gasteiger charge is -2.23. The van der Waals surface area contributed by atoms with E-state index >= 15 is 0 Å². The Morgan fingerprint density at radius 2 is 2.06 bits per heavy atom. The fourth-order valence-corrected chi connectivity index (χ4v) is 1.62. The van der Waals surface area contributed by atoms with E-state index in [2.05, 4.69) is 17.2 Å². The zero-order valence-electron chi connectivity index (χ0n) is 10.4. The summed E-state index contributed by atoms with van der Waals surface area (Å²) in [6, 6.07) is 0. The third-order valence-electron chi connectivity index (χ3n) is 2.98. The highest BCUT2D eigenvalue weighted by Crippen LogP contribution is 2.36. The minimum absolute atomic E-state index is 0.0388. The molecule has 4 heteroatoms. The molecule has 1 saturated carbocycles. The van der Waals surface area contributed by atoms with E-state index in [4.69, 9.17) is 0 Å². The first-order chi connectivity index (χ1) is 7.32. The summed E-state index contributed by atoms with van der Waals surface area (Å²) in [5.74, 6) is 0.470. The molecule has 1 aromatic heterocycles. The van der Waals surface area contributed by atoms with Crippen molar-refractivity contribution >= 4 is 5.82 Å². The standard InChI is InChI=1S/C12H19N3O/c1-11(2,3)15-8-7-13-9(10(15)16)14-12(4)5-6-12/h7-8H,5-6H2,1-4H3,(H,13,14). The van der Waals surface area contributed by atoms with E-state index in [0.717, 1.165) is 12.8 Å². The van der Waals surface area contributed by atoms with Gasteiger partial charge in [0.15, 0.2) is 5.82 Å². The minimum atomic E-state index is -0.207. The van der Waals surface area contributed by atoms with Crippen molar-refractivity contribution in [3.63, 3.8) is 0 Å². The molecule has 1 aliphatic rings. The summed E-state index contributed by atoms with van der Waals surface area (Å²) in [4.78, 5) is 16.3. The summed E-state index contributed by atoms with van der Waals surface area (Å²) in [6.07, 6.45) is 5.64. The molecule has 0 aromatic carbocycles. The molecule has 4 nitrogen and oxygen atoms in total. The molecule has 0 saturated heterocycles. The highest BCUT2D eigenvalue weighted by Gasteiger charge is 2.38. The van der Waals surface area contributed by atoms with Crippen LogP contribution in [-0.2, 0) is 5.54 Å². The quantitative estimate of drug-likeness (QED) is 0.830. The van der Waals surface area contributed by atoms with Crippen molar-refractivity contribution in [2.45, 2.75) is 51.6 Å². The van der Waals surface area contributed by atoms with E-state index in [1.54, 1.807) is 17.0 Å². The molecule has 1 heterocycles. The maximum Gasteiger partial charge on any atom is 0.293 e. The number of nitrogens with one attached hydrogen (secondary N) is 1. The van der Waals surface area contributed by atoms with Crippen LogP contribution in [0, 0.1) is 0 Å². The van der Waals surface area contributed by atoms with Crippen molar-refractivity contribution in [3.05, 3.63) is 22.7 Å². The summed E-state index contributed by atoms with van der Waals surface area (Å²) in [5.41, 5.74) is -0.160. The fraction of sp³-hybridized carbons (Fsp3) is 0.667. The summed E-state index contributed by atoms with van der Waals surface area (Å²) in [6.45, 7) is 8.15. The van der Waals surface area contributed by atoms with Gasteiger partial charge in [-0.1, -0.05) is 0 Å². The highest BCUT2D eigenvalue weighted by molar-refractivity contribution is 5.37. The van der Waals surface area contributed by atoms with Gasteiger partial charge in [-0.15, -0.1) is 0 Å². The molecule has 0 unspecified atom stereocenters. The van der Waals surface area contributed by atoms with Gasteiger partial charge in [0.1, 0.15) is 0 Å². The molecule has 1 aromatic rings. The maximum absolute atomic E-state index is 12.2. The van der Waals surface area contributed by atoms with Gasteiger partial charge in [-0.2, -0.15) is 0 Å². The van der Waals surface area contributed by atoms with Crippen molar-refractivity contribution in [2.75, 3.05) is 5.32 Å². The van der Waals surface area contributed by atoms with Crippen LogP contribution in [-0.4, -0.2) is 15.1 Å². The van der Waals surface area contributed by atoms with Crippen molar-refractivity contribution in [1.29, 1.82) is 0 Å². The van der Waals surface area contributed by atoms with Gasteiger partial charge in [-0.05, 0) is 40.5 Å². The molecule has 0 radical (unpaired) electrons. The van der Waals surface area contributed by atoms with E-state index in [1.807, 2.05) is 20.8 Å². The van der Waals surface area contributed by atoms with Gasteiger partial charge < -0.3 is 9.88 Å². The van der Waals surface area contributed by atoms with Crippen LogP contribution in [0.5, 0.6) is 0 Å². The topological polar surface area (TPSA) is 46.9 Å². The van der Waals surface area contributed by atoms with E-state index in [-0.39, 0.29) is 16.6 Å². The van der Waals surface area contributed by atoms with E-state index in [9.17, 15) is 4.79 Å². The van der Waals surface area contributed by atoms with Crippen molar-refractivity contribution in [3.8, 4) is 0 Å². The molecule has 1 fully saturated rings. The van der Waals surface area contributed by atoms with Crippen LogP contribution in [0.15, 0.2) is 17.2 Å². The first-order valence-electron chi connectivity index (χ1n) is 5.68. The minimum Gasteiger partial charge on any atom is -0.360 e. The third-order valence-corrected chi connectivity index (χ3v) is 2.98. The van der Waals surface area contributed by atoms with Crippen molar-refractivity contribution < 1.29 is 0 Å². The number of rotatable bonds is 2. The second-order valence-electron chi connectivity index (χ2n) is 5.81. The molecule has 1 aliphatic carbocycles. The van der Waals surface area contributed by atoms with Crippen LogP contribution in [0.1, 0.15) is 40.5 Å².